The number of methoxy groups -OCH3 is 1. The zero-order chi connectivity index (χ0) is 14.7. The van der Waals surface area contributed by atoms with Crippen LogP contribution in [0, 0.1) is 12.7 Å². The minimum absolute atomic E-state index is 0.165. The smallest absolute Gasteiger partial charge is 0.260 e. The second kappa shape index (κ2) is 6.00. The SMILES string of the molecule is CCc1nc(C)c(NC(=O)c2cc(F)ccc2OC)s1. The molecule has 0 bridgehead atoms. The van der Waals surface area contributed by atoms with Crippen LogP contribution in [-0.2, 0) is 6.42 Å². The van der Waals surface area contributed by atoms with Gasteiger partial charge in [-0.15, -0.1) is 11.3 Å². The van der Waals surface area contributed by atoms with Crippen molar-refractivity contribution >= 4 is 22.2 Å². The van der Waals surface area contributed by atoms with Crippen LogP contribution >= 0.6 is 11.3 Å². The highest BCUT2D eigenvalue weighted by Crippen LogP contribution is 2.26. The Hall–Kier alpha value is -1.95. The largest absolute Gasteiger partial charge is 0.496 e. The lowest BCUT2D eigenvalue weighted by atomic mass is 10.2. The maximum Gasteiger partial charge on any atom is 0.260 e. The third kappa shape index (κ3) is 2.96. The Morgan fingerprint density at radius 3 is 2.85 bits per heavy atom. The van der Waals surface area contributed by atoms with Crippen LogP contribution in [0.25, 0.3) is 0 Å². The number of amides is 1. The maximum atomic E-state index is 13.3. The summed E-state index contributed by atoms with van der Waals surface area (Å²) in [5.41, 5.74) is 0.925. The number of hydrogen-bond acceptors (Lipinski definition) is 4. The second-order valence-electron chi connectivity index (χ2n) is 4.17. The summed E-state index contributed by atoms with van der Waals surface area (Å²) in [4.78, 5) is 16.6. The van der Waals surface area contributed by atoms with Gasteiger partial charge in [-0.3, -0.25) is 4.79 Å². The first-order chi connectivity index (χ1) is 9.55. The van der Waals surface area contributed by atoms with E-state index in [1.165, 1.54) is 30.6 Å². The van der Waals surface area contributed by atoms with Crippen molar-refractivity contribution in [3.8, 4) is 5.75 Å². The molecular weight excluding hydrogens is 279 g/mol. The standard InChI is InChI=1S/C14H15FN2O2S/c1-4-12-16-8(2)14(20-12)17-13(18)10-7-9(15)5-6-11(10)19-3/h5-7H,4H2,1-3H3,(H,17,18). The van der Waals surface area contributed by atoms with Gasteiger partial charge in [0.1, 0.15) is 16.6 Å². The number of aryl methyl sites for hydroxylation is 2. The number of halogens is 1. The average molecular weight is 294 g/mol. The van der Waals surface area contributed by atoms with Crippen LogP contribution in [0.3, 0.4) is 0 Å². The molecule has 4 nitrogen and oxygen atoms in total. The van der Waals surface area contributed by atoms with Crippen LogP contribution in [0.15, 0.2) is 18.2 Å². The molecule has 6 heteroatoms. The minimum atomic E-state index is -0.480. The van der Waals surface area contributed by atoms with E-state index in [0.29, 0.717) is 10.8 Å². The number of benzene rings is 1. The molecule has 0 aliphatic carbocycles. The fraction of sp³-hybridized carbons (Fsp3) is 0.286. The first kappa shape index (κ1) is 14.5. The van der Waals surface area contributed by atoms with Crippen LogP contribution in [0.4, 0.5) is 9.39 Å². The number of thiazole rings is 1. The topological polar surface area (TPSA) is 51.2 Å². The third-order valence-electron chi connectivity index (χ3n) is 2.78. The van der Waals surface area contributed by atoms with E-state index in [2.05, 4.69) is 10.3 Å². The van der Waals surface area contributed by atoms with Crippen molar-refractivity contribution in [2.24, 2.45) is 0 Å². The summed E-state index contributed by atoms with van der Waals surface area (Å²) in [7, 11) is 1.44. The molecule has 0 atom stereocenters. The van der Waals surface area contributed by atoms with Gasteiger partial charge in [0.25, 0.3) is 5.91 Å². The van der Waals surface area contributed by atoms with Crippen molar-refractivity contribution in [2.45, 2.75) is 20.3 Å². The Morgan fingerprint density at radius 2 is 2.25 bits per heavy atom. The van der Waals surface area contributed by atoms with Crippen molar-refractivity contribution in [1.82, 2.24) is 4.98 Å². The van der Waals surface area contributed by atoms with E-state index in [4.69, 9.17) is 4.74 Å². The highest BCUT2D eigenvalue weighted by Gasteiger charge is 2.16. The summed E-state index contributed by atoms with van der Waals surface area (Å²) >= 11 is 1.42. The fourth-order valence-corrected chi connectivity index (χ4v) is 2.65. The normalized spacial score (nSPS) is 10.4. The molecular formula is C14H15FN2O2S. The Balaban J connectivity index is 2.27. The number of nitrogens with zero attached hydrogens (tertiary/aromatic N) is 1. The van der Waals surface area contributed by atoms with Crippen LogP contribution in [0.5, 0.6) is 5.75 Å². The Kier molecular flexibility index (Phi) is 4.34. The summed E-state index contributed by atoms with van der Waals surface area (Å²) < 4.78 is 18.4. The molecule has 20 heavy (non-hydrogen) atoms. The van der Waals surface area contributed by atoms with Gasteiger partial charge < -0.3 is 10.1 Å². The van der Waals surface area contributed by atoms with Gasteiger partial charge in [-0.05, 0) is 31.5 Å². The Bertz CT molecular complexity index is 640. The molecule has 1 aromatic heterocycles. The van der Waals surface area contributed by atoms with Gasteiger partial charge in [-0.1, -0.05) is 6.92 Å². The molecule has 1 N–H and O–H groups in total. The first-order valence-corrected chi connectivity index (χ1v) is 6.98. The van der Waals surface area contributed by atoms with Crippen molar-refractivity contribution in [1.29, 1.82) is 0 Å². The molecule has 2 aromatic rings. The van der Waals surface area contributed by atoms with Gasteiger partial charge in [0.15, 0.2) is 0 Å². The second-order valence-corrected chi connectivity index (χ2v) is 5.26. The zero-order valence-corrected chi connectivity index (χ0v) is 12.3. The van der Waals surface area contributed by atoms with E-state index < -0.39 is 11.7 Å². The summed E-state index contributed by atoms with van der Waals surface area (Å²) in [5, 5.41) is 4.38. The van der Waals surface area contributed by atoms with Crippen LogP contribution in [0.1, 0.15) is 28.0 Å². The lowest BCUT2D eigenvalue weighted by molar-refractivity contribution is 0.102. The first-order valence-electron chi connectivity index (χ1n) is 6.16. The van der Waals surface area contributed by atoms with E-state index in [1.807, 2.05) is 13.8 Å². The molecule has 1 amide bonds. The highest BCUT2D eigenvalue weighted by molar-refractivity contribution is 7.16. The van der Waals surface area contributed by atoms with Gasteiger partial charge in [-0.25, -0.2) is 9.37 Å². The van der Waals surface area contributed by atoms with E-state index in [0.717, 1.165) is 23.2 Å². The summed E-state index contributed by atoms with van der Waals surface area (Å²) in [6.07, 6.45) is 0.810. The summed E-state index contributed by atoms with van der Waals surface area (Å²) in [6, 6.07) is 3.84. The number of anilines is 1. The number of hydrogen-bond donors (Lipinski definition) is 1. The van der Waals surface area contributed by atoms with Gasteiger partial charge in [0, 0.05) is 0 Å². The molecule has 0 saturated heterocycles. The molecule has 0 radical (unpaired) electrons. The quantitative estimate of drug-likeness (QED) is 0.940. The van der Waals surface area contributed by atoms with Crippen molar-refractivity contribution < 1.29 is 13.9 Å². The highest BCUT2D eigenvalue weighted by atomic mass is 32.1. The van der Waals surface area contributed by atoms with Gasteiger partial charge in [-0.2, -0.15) is 0 Å². The Morgan fingerprint density at radius 1 is 1.50 bits per heavy atom. The molecule has 0 aliphatic heterocycles. The molecule has 0 fully saturated rings. The zero-order valence-electron chi connectivity index (χ0n) is 11.5. The number of aromatic nitrogens is 1. The van der Waals surface area contributed by atoms with E-state index >= 15 is 0 Å². The number of nitrogens with one attached hydrogen (secondary N) is 1. The van der Waals surface area contributed by atoms with Gasteiger partial charge in [0.05, 0.1) is 23.4 Å². The number of ether oxygens (including phenoxy) is 1. The van der Waals surface area contributed by atoms with E-state index in [9.17, 15) is 9.18 Å². The van der Waals surface area contributed by atoms with Crippen molar-refractivity contribution in [3.05, 3.63) is 40.3 Å². The number of carbonyl (C=O) groups excluding carboxylic acids is 1. The monoisotopic (exact) mass is 294 g/mol. The lowest BCUT2D eigenvalue weighted by Gasteiger charge is -2.08. The lowest BCUT2D eigenvalue weighted by Crippen LogP contribution is -2.13. The number of rotatable bonds is 4. The molecule has 1 aromatic carbocycles. The third-order valence-corrected chi connectivity index (χ3v) is 3.99. The van der Waals surface area contributed by atoms with E-state index in [-0.39, 0.29) is 5.56 Å². The molecule has 2 rings (SSSR count). The average Bonchev–Trinajstić information content (AvgIpc) is 2.79. The van der Waals surface area contributed by atoms with Gasteiger partial charge >= 0.3 is 0 Å². The van der Waals surface area contributed by atoms with Crippen molar-refractivity contribution in [2.75, 3.05) is 12.4 Å². The summed E-state index contributed by atoms with van der Waals surface area (Å²) in [5.74, 6) is -0.552. The van der Waals surface area contributed by atoms with Crippen LogP contribution < -0.4 is 10.1 Å². The molecule has 0 aliphatic rings. The van der Waals surface area contributed by atoms with Crippen molar-refractivity contribution in [3.63, 3.8) is 0 Å². The minimum Gasteiger partial charge on any atom is -0.496 e. The molecule has 1 heterocycles. The van der Waals surface area contributed by atoms with Crippen LogP contribution in [-0.4, -0.2) is 18.0 Å². The molecule has 106 valence electrons. The van der Waals surface area contributed by atoms with E-state index in [1.54, 1.807) is 0 Å². The fourth-order valence-electron chi connectivity index (χ4n) is 1.75. The maximum absolute atomic E-state index is 13.3. The summed E-state index contributed by atoms with van der Waals surface area (Å²) in [6.45, 7) is 3.83. The molecule has 0 saturated carbocycles. The molecule has 0 spiro atoms. The Labute approximate surface area is 120 Å². The van der Waals surface area contributed by atoms with Gasteiger partial charge in [0.2, 0.25) is 0 Å². The number of carbonyl (C=O) groups is 1. The predicted molar refractivity (Wildman–Crippen MR) is 77.1 cm³/mol. The predicted octanol–water partition coefficient (Wildman–Crippen LogP) is 3.41. The molecule has 0 unspecified atom stereocenters. The van der Waals surface area contributed by atoms with Crippen LogP contribution in [0.2, 0.25) is 0 Å².